The number of rotatable bonds is 2. The zero-order valence-corrected chi connectivity index (χ0v) is 8.19. The van der Waals surface area contributed by atoms with Crippen LogP contribution in [0.15, 0.2) is 18.2 Å². The first kappa shape index (κ1) is 9.71. The second-order valence-electron chi connectivity index (χ2n) is 3.48. The minimum atomic E-state index is -1.06. The van der Waals surface area contributed by atoms with Crippen LogP contribution in [-0.2, 0) is 11.2 Å². The van der Waals surface area contributed by atoms with E-state index in [4.69, 9.17) is 9.84 Å². The molecular weight excluding hydrogens is 196 g/mol. The van der Waals surface area contributed by atoms with Gasteiger partial charge in [-0.3, -0.25) is 9.59 Å². The van der Waals surface area contributed by atoms with E-state index in [1.807, 2.05) is 0 Å². The highest BCUT2D eigenvalue weighted by molar-refractivity contribution is 6.12. The fourth-order valence-electron chi connectivity index (χ4n) is 1.79. The number of aliphatic carboxylic acids is 1. The largest absolute Gasteiger partial charge is 0.497 e. The Morgan fingerprint density at radius 1 is 1.53 bits per heavy atom. The number of hydrogen-bond donors (Lipinski definition) is 1. The second kappa shape index (κ2) is 3.38. The van der Waals surface area contributed by atoms with Gasteiger partial charge in [0.1, 0.15) is 11.7 Å². The average Bonchev–Trinajstić information content (AvgIpc) is 2.56. The van der Waals surface area contributed by atoms with Gasteiger partial charge in [-0.2, -0.15) is 0 Å². The van der Waals surface area contributed by atoms with Crippen LogP contribution in [-0.4, -0.2) is 24.0 Å². The van der Waals surface area contributed by atoms with Gasteiger partial charge in [0.15, 0.2) is 5.78 Å². The van der Waals surface area contributed by atoms with Crippen molar-refractivity contribution in [3.05, 3.63) is 29.3 Å². The fraction of sp³-hybridized carbons (Fsp3) is 0.273. The van der Waals surface area contributed by atoms with Gasteiger partial charge in [-0.25, -0.2) is 0 Å². The van der Waals surface area contributed by atoms with Gasteiger partial charge in [-0.05, 0) is 24.1 Å². The Labute approximate surface area is 86.5 Å². The number of ketones is 1. The van der Waals surface area contributed by atoms with E-state index in [1.165, 1.54) is 7.11 Å². The molecule has 4 heteroatoms. The van der Waals surface area contributed by atoms with E-state index < -0.39 is 11.9 Å². The zero-order valence-electron chi connectivity index (χ0n) is 8.19. The maximum absolute atomic E-state index is 11.7. The van der Waals surface area contributed by atoms with Gasteiger partial charge in [-0.15, -0.1) is 0 Å². The van der Waals surface area contributed by atoms with E-state index >= 15 is 0 Å². The van der Waals surface area contributed by atoms with Gasteiger partial charge in [0.2, 0.25) is 0 Å². The summed E-state index contributed by atoms with van der Waals surface area (Å²) in [4.78, 5) is 22.5. The first-order valence-electron chi connectivity index (χ1n) is 4.57. The third-order valence-corrected chi connectivity index (χ3v) is 2.62. The lowest BCUT2D eigenvalue weighted by Crippen LogP contribution is -2.19. The van der Waals surface area contributed by atoms with Gasteiger partial charge in [0.05, 0.1) is 7.11 Å². The highest BCUT2D eigenvalue weighted by Crippen LogP contribution is 2.29. The molecule has 0 saturated heterocycles. The molecule has 0 spiro atoms. The van der Waals surface area contributed by atoms with Crippen molar-refractivity contribution < 1.29 is 19.4 Å². The van der Waals surface area contributed by atoms with Crippen LogP contribution in [0.3, 0.4) is 0 Å². The number of hydrogen-bond acceptors (Lipinski definition) is 3. The molecule has 1 aliphatic rings. The molecule has 1 unspecified atom stereocenters. The monoisotopic (exact) mass is 206 g/mol. The molecule has 0 aromatic heterocycles. The Morgan fingerprint density at radius 2 is 2.27 bits per heavy atom. The van der Waals surface area contributed by atoms with Crippen molar-refractivity contribution in [2.75, 3.05) is 7.11 Å². The number of carboxylic acid groups (broad SMARTS) is 1. The number of carbonyl (C=O) groups is 2. The summed E-state index contributed by atoms with van der Waals surface area (Å²) < 4.78 is 4.98. The van der Waals surface area contributed by atoms with E-state index in [1.54, 1.807) is 18.2 Å². The number of benzene rings is 1. The molecule has 0 bridgehead atoms. The van der Waals surface area contributed by atoms with E-state index in [0.29, 0.717) is 11.3 Å². The highest BCUT2D eigenvalue weighted by Gasteiger charge is 2.35. The first-order valence-corrected chi connectivity index (χ1v) is 4.57. The smallest absolute Gasteiger partial charge is 0.314 e. The Morgan fingerprint density at radius 3 is 2.87 bits per heavy atom. The van der Waals surface area contributed by atoms with Gasteiger partial charge in [-0.1, -0.05) is 6.07 Å². The number of carbonyl (C=O) groups excluding carboxylic acids is 1. The molecule has 0 aliphatic heterocycles. The fourth-order valence-corrected chi connectivity index (χ4v) is 1.79. The molecule has 78 valence electrons. The number of fused-ring (bicyclic) bond motifs is 1. The molecule has 0 fully saturated rings. The molecule has 1 atom stereocenters. The van der Waals surface area contributed by atoms with E-state index in [2.05, 4.69) is 0 Å². The van der Waals surface area contributed by atoms with Crippen LogP contribution < -0.4 is 4.74 Å². The predicted octanol–water partition coefficient (Wildman–Crippen LogP) is 1.13. The molecule has 0 saturated carbocycles. The second-order valence-corrected chi connectivity index (χ2v) is 3.48. The third-order valence-electron chi connectivity index (χ3n) is 2.62. The third kappa shape index (κ3) is 1.48. The van der Waals surface area contributed by atoms with Crippen LogP contribution >= 0.6 is 0 Å². The van der Waals surface area contributed by atoms with Gasteiger partial charge >= 0.3 is 5.97 Å². The SMILES string of the molecule is COc1ccc2c(c1)C(=O)C(C(=O)O)C2. The maximum atomic E-state index is 11.7. The molecule has 2 rings (SSSR count). The Kier molecular flexibility index (Phi) is 2.19. The van der Waals surface area contributed by atoms with Crippen LogP contribution in [0.1, 0.15) is 15.9 Å². The van der Waals surface area contributed by atoms with Crippen molar-refractivity contribution in [1.29, 1.82) is 0 Å². The summed E-state index contributed by atoms with van der Waals surface area (Å²) in [7, 11) is 1.51. The van der Waals surface area contributed by atoms with E-state index in [0.717, 1.165) is 5.56 Å². The standard InChI is InChI=1S/C11H10O4/c1-15-7-3-2-6-4-9(11(13)14)10(12)8(6)5-7/h2-3,5,9H,4H2,1H3,(H,13,14). The molecule has 1 aliphatic carbocycles. The average molecular weight is 206 g/mol. The van der Waals surface area contributed by atoms with Gasteiger partial charge in [0, 0.05) is 5.56 Å². The summed E-state index contributed by atoms with van der Waals surface area (Å²) in [5.41, 5.74) is 1.26. The number of methoxy groups -OCH3 is 1. The summed E-state index contributed by atoms with van der Waals surface area (Å²) in [6.45, 7) is 0. The predicted molar refractivity (Wildman–Crippen MR) is 52.2 cm³/mol. The Hall–Kier alpha value is -1.84. The molecule has 0 radical (unpaired) electrons. The lowest BCUT2D eigenvalue weighted by molar-refractivity contribution is -0.139. The summed E-state index contributed by atoms with van der Waals surface area (Å²) in [5, 5.41) is 8.83. The van der Waals surface area contributed by atoms with Crippen molar-refractivity contribution in [3.63, 3.8) is 0 Å². The summed E-state index contributed by atoms with van der Waals surface area (Å²) in [6, 6.07) is 5.08. The van der Waals surface area contributed by atoms with Crippen LogP contribution in [0.5, 0.6) is 5.75 Å². The molecule has 0 amide bonds. The molecule has 1 aromatic rings. The molecule has 0 heterocycles. The van der Waals surface area contributed by atoms with Crippen molar-refractivity contribution >= 4 is 11.8 Å². The highest BCUT2D eigenvalue weighted by atomic mass is 16.5. The topological polar surface area (TPSA) is 63.6 Å². The normalized spacial score (nSPS) is 18.7. The van der Waals surface area contributed by atoms with Crippen molar-refractivity contribution in [2.45, 2.75) is 6.42 Å². The van der Waals surface area contributed by atoms with Gasteiger partial charge < -0.3 is 9.84 Å². The quantitative estimate of drug-likeness (QED) is 0.737. The maximum Gasteiger partial charge on any atom is 0.314 e. The van der Waals surface area contributed by atoms with Crippen LogP contribution in [0, 0.1) is 5.92 Å². The van der Waals surface area contributed by atoms with Crippen molar-refractivity contribution in [3.8, 4) is 5.75 Å². The first-order chi connectivity index (χ1) is 7.13. The number of ether oxygens (including phenoxy) is 1. The molecule has 1 aromatic carbocycles. The summed E-state index contributed by atoms with van der Waals surface area (Å²) >= 11 is 0. The van der Waals surface area contributed by atoms with Crippen LogP contribution in [0.25, 0.3) is 0 Å². The van der Waals surface area contributed by atoms with Crippen molar-refractivity contribution in [2.24, 2.45) is 5.92 Å². The minimum absolute atomic E-state index is 0.285. The number of carboxylic acids is 1. The zero-order chi connectivity index (χ0) is 11.0. The summed E-state index contributed by atoms with van der Waals surface area (Å²) in [5.74, 6) is -1.73. The molecule has 1 N–H and O–H groups in total. The molecule has 4 nitrogen and oxygen atoms in total. The Bertz CT molecular complexity index is 436. The lowest BCUT2D eigenvalue weighted by Gasteiger charge is -2.01. The minimum Gasteiger partial charge on any atom is -0.497 e. The Balaban J connectivity index is 2.42. The lowest BCUT2D eigenvalue weighted by atomic mass is 10.1. The summed E-state index contributed by atoms with van der Waals surface area (Å²) in [6.07, 6.45) is 0.285. The van der Waals surface area contributed by atoms with E-state index in [-0.39, 0.29) is 12.2 Å². The van der Waals surface area contributed by atoms with Crippen molar-refractivity contribution in [1.82, 2.24) is 0 Å². The van der Waals surface area contributed by atoms with Crippen LogP contribution in [0.4, 0.5) is 0 Å². The van der Waals surface area contributed by atoms with Crippen LogP contribution in [0.2, 0.25) is 0 Å². The molecule has 15 heavy (non-hydrogen) atoms. The van der Waals surface area contributed by atoms with Gasteiger partial charge in [0.25, 0.3) is 0 Å². The van der Waals surface area contributed by atoms with E-state index in [9.17, 15) is 9.59 Å². The molecular formula is C11H10O4. The number of Topliss-reactive ketones (excluding diaryl/α,β-unsaturated/α-hetero) is 1.